The van der Waals surface area contributed by atoms with E-state index in [0.29, 0.717) is 26.5 Å². The number of nitrogens with zero attached hydrogens (tertiary/aromatic N) is 6. The predicted molar refractivity (Wildman–Crippen MR) is 114 cm³/mol. The molecule has 4 aromatic rings. The summed E-state index contributed by atoms with van der Waals surface area (Å²) < 4.78 is 48.7. The average Bonchev–Trinajstić information content (AvgIpc) is 3.35. The molecule has 172 valence electrons. The second-order valence-electron chi connectivity index (χ2n) is 7.27. The zero-order valence-electron chi connectivity index (χ0n) is 17.8. The van der Waals surface area contributed by atoms with Crippen molar-refractivity contribution in [3.63, 3.8) is 0 Å². The van der Waals surface area contributed by atoms with E-state index in [1.165, 1.54) is 29.9 Å². The molecule has 3 heterocycles. The number of halogens is 4. The molecular formula is C21H18ClF3N6O2. The highest BCUT2D eigenvalue weighted by atomic mass is 35.5. The number of carbonyl (C=O) groups excluding carboxylic acids is 1. The van der Waals surface area contributed by atoms with Crippen LogP contribution in [0.25, 0.3) is 16.9 Å². The summed E-state index contributed by atoms with van der Waals surface area (Å²) in [5.41, 5.74) is -0.274. The van der Waals surface area contributed by atoms with Crippen molar-refractivity contribution in [2.24, 2.45) is 7.05 Å². The van der Waals surface area contributed by atoms with Crippen LogP contribution in [0.3, 0.4) is 0 Å². The third-order valence-corrected chi connectivity index (χ3v) is 5.44. The Morgan fingerprint density at radius 1 is 1.18 bits per heavy atom. The summed E-state index contributed by atoms with van der Waals surface area (Å²) in [6.07, 6.45) is -2.19. The van der Waals surface area contributed by atoms with Crippen molar-refractivity contribution in [1.29, 1.82) is 0 Å². The summed E-state index contributed by atoms with van der Waals surface area (Å²) in [5, 5.41) is 8.20. The molecule has 0 unspecified atom stereocenters. The summed E-state index contributed by atoms with van der Waals surface area (Å²) in [4.78, 5) is 18.8. The second kappa shape index (κ2) is 8.39. The zero-order valence-corrected chi connectivity index (χ0v) is 18.5. The number of rotatable bonds is 5. The lowest BCUT2D eigenvalue weighted by Crippen LogP contribution is -2.27. The molecule has 4 rings (SSSR count). The number of hydrogen-bond acceptors (Lipinski definition) is 5. The molecule has 0 aliphatic carbocycles. The fourth-order valence-electron chi connectivity index (χ4n) is 3.34. The number of benzene rings is 1. The molecule has 0 N–H and O–H groups in total. The maximum absolute atomic E-state index is 13.8. The predicted octanol–water partition coefficient (Wildman–Crippen LogP) is 4.08. The third kappa shape index (κ3) is 4.23. The topological polar surface area (TPSA) is 77.5 Å². The molecule has 1 amide bonds. The molecule has 0 atom stereocenters. The van der Waals surface area contributed by atoms with Gasteiger partial charge in [0.15, 0.2) is 11.3 Å². The van der Waals surface area contributed by atoms with Crippen LogP contribution in [-0.2, 0) is 19.8 Å². The Bertz CT molecular complexity index is 1310. The Labute approximate surface area is 191 Å². The molecule has 33 heavy (non-hydrogen) atoms. The summed E-state index contributed by atoms with van der Waals surface area (Å²) >= 11 is 6.11. The molecule has 8 nitrogen and oxygen atoms in total. The number of carbonyl (C=O) groups is 1. The standard InChI is InChI=1S/C21H18ClF3N6O2/c1-29(11-17-15(22)10-26-30(17)2)20(32)14-9-27-31-18(21(23,24)25)8-16(28-19(14)31)12-4-6-13(33-3)7-5-12/h4-10H,11H2,1-3H3. The molecule has 0 spiro atoms. The van der Waals surface area contributed by atoms with Crippen molar-refractivity contribution in [1.82, 2.24) is 29.3 Å². The van der Waals surface area contributed by atoms with E-state index >= 15 is 0 Å². The molecule has 0 bridgehead atoms. The van der Waals surface area contributed by atoms with E-state index in [1.807, 2.05) is 0 Å². The monoisotopic (exact) mass is 478 g/mol. The number of aryl methyl sites for hydroxylation is 1. The lowest BCUT2D eigenvalue weighted by atomic mass is 10.1. The van der Waals surface area contributed by atoms with Crippen molar-refractivity contribution < 1.29 is 22.7 Å². The quantitative estimate of drug-likeness (QED) is 0.432. The number of fused-ring (bicyclic) bond motifs is 1. The Morgan fingerprint density at radius 3 is 2.45 bits per heavy atom. The summed E-state index contributed by atoms with van der Waals surface area (Å²) in [7, 11) is 4.67. The van der Waals surface area contributed by atoms with Gasteiger partial charge in [-0.05, 0) is 30.3 Å². The fourth-order valence-corrected chi connectivity index (χ4v) is 3.57. The van der Waals surface area contributed by atoms with Crippen LogP contribution in [0.2, 0.25) is 5.02 Å². The number of ether oxygens (including phenoxy) is 1. The van der Waals surface area contributed by atoms with Crippen molar-refractivity contribution in [3.05, 3.63) is 64.7 Å². The van der Waals surface area contributed by atoms with Gasteiger partial charge in [0.05, 0.1) is 42.5 Å². The molecular weight excluding hydrogens is 461 g/mol. The highest BCUT2D eigenvalue weighted by molar-refractivity contribution is 6.31. The van der Waals surface area contributed by atoms with Crippen LogP contribution in [0.5, 0.6) is 5.75 Å². The van der Waals surface area contributed by atoms with E-state index in [2.05, 4.69) is 15.2 Å². The minimum absolute atomic E-state index is 0.0457. The Kier molecular flexibility index (Phi) is 5.75. The maximum Gasteiger partial charge on any atom is 0.433 e. The van der Waals surface area contributed by atoms with Crippen molar-refractivity contribution in [2.75, 3.05) is 14.2 Å². The van der Waals surface area contributed by atoms with Crippen LogP contribution in [0, 0.1) is 0 Å². The lowest BCUT2D eigenvalue weighted by Gasteiger charge is -2.17. The van der Waals surface area contributed by atoms with Crippen LogP contribution in [0.15, 0.2) is 42.7 Å². The van der Waals surface area contributed by atoms with E-state index in [4.69, 9.17) is 16.3 Å². The number of hydrogen-bond donors (Lipinski definition) is 0. The molecule has 0 aliphatic heterocycles. The molecule has 0 aliphatic rings. The Balaban J connectivity index is 1.80. The number of aromatic nitrogens is 5. The highest BCUT2D eigenvalue weighted by Crippen LogP contribution is 2.33. The van der Waals surface area contributed by atoms with Gasteiger partial charge in [-0.25, -0.2) is 9.50 Å². The SMILES string of the molecule is COc1ccc(-c2cc(C(F)(F)F)n3ncc(C(=O)N(C)Cc4c(Cl)cnn4C)c3n2)cc1. The molecule has 0 fully saturated rings. The Morgan fingerprint density at radius 2 is 1.88 bits per heavy atom. The first-order chi connectivity index (χ1) is 15.6. The Hall–Kier alpha value is -3.60. The summed E-state index contributed by atoms with van der Waals surface area (Å²) in [6, 6.07) is 7.30. The normalized spacial score (nSPS) is 11.7. The first kappa shape index (κ1) is 22.6. The smallest absolute Gasteiger partial charge is 0.433 e. The minimum atomic E-state index is -4.72. The molecule has 3 aromatic heterocycles. The second-order valence-corrected chi connectivity index (χ2v) is 7.68. The van der Waals surface area contributed by atoms with Crippen molar-refractivity contribution in [3.8, 4) is 17.0 Å². The van der Waals surface area contributed by atoms with Crippen molar-refractivity contribution in [2.45, 2.75) is 12.7 Å². The maximum atomic E-state index is 13.8. The van der Waals surface area contributed by atoms with Crippen LogP contribution in [-0.4, -0.2) is 49.3 Å². The summed E-state index contributed by atoms with van der Waals surface area (Å²) in [5.74, 6) is -0.0127. The van der Waals surface area contributed by atoms with Gasteiger partial charge < -0.3 is 9.64 Å². The molecule has 12 heteroatoms. The van der Waals surface area contributed by atoms with Crippen molar-refractivity contribution >= 4 is 23.2 Å². The van der Waals surface area contributed by atoms with Gasteiger partial charge in [-0.3, -0.25) is 9.48 Å². The largest absolute Gasteiger partial charge is 0.497 e. The van der Waals surface area contributed by atoms with Crippen LogP contribution >= 0.6 is 11.6 Å². The number of alkyl halides is 3. The van der Waals surface area contributed by atoms with E-state index in [-0.39, 0.29) is 23.4 Å². The minimum Gasteiger partial charge on any atom is -0.497 e. The van der Waals surface area contributed by atoms with Gasteiger partial charge >= 0.3 is 6.18 Å². The fraction of sp³-hybridized carbons (Fsp3) is 0.238. The van der Waals surface area contributed by atoms with Gasteiger partial charge in [-0.1, -0.05) is 11.6 Å². The molecule has 1 aromatic carbocycles. The molecule has 0 saturated carbocycles. The molecule has 0 saturated heterocycles. The van der Waals surface area contributed by atoms with Crippen LogP contribution in [0.1, 0.15) is 21.7 Å². The van der Waals surface area contributed by atoms with E-state index in [9.17, 15) is 18.0 Å². The van der Waals surface area contributed by atoms with Gasteiger partial charge in [0.25, 0.3) is 5.91 Å². The number of amides is 1. The first-order valence-electron chi connectivity index (χ1n) is 9.62. The van der Waals surface area contributed by atoms with E-state index in [0.717, 1.165) is 12.3 Å². The first-order valence-corrected chi connectivity index (χ1v) is 10.00. The molecule has 0 radical (unpaired) electrons. The van der Waals surface area contributed by atoms with E-state index in [1.54, 1.807) is 31.3 Å². The van der Waals surface area contributed by atoms with Gasteiger partial charge in [-0.2, -0.15) is 23.4 Å². The van der Waals surface area contributed by atoms with Crippen LogP contribution < -0.4 is 4.74 Å². The average molecular weight is 479 g/mol. The van der Waals surface area contributed by atoms with Gasteiger partial charge in [0.2, 0.25) is 0 Å². The number of methoxy groups -OCH3 is 1. The summed E-state index contributed by atoms with van der Waals surface area (Å²) in [6.45, 7) is 0.0931. The highest BCUT2D eigenvalue weighted by Gasteiger charge is 2.36. The van der Waals surface area contributed by atoms with Gasteiger partial charge in [-0.15, -0.1) is 0 Å². The van der Waals surface area contributed by atoms with E-state index < -0.39 is 17.8 Å². The van der Waals surface area contributed by atoms with Crippen LogP contribution in [0.4, 0.5) is 13.2 Å². The van der Waals surface area contributed by atoms with Gasteiger partial charge in [0, 0.05) is 19.7 Å². The zero-order chi connectivity index (χ0) is 23.9. The van der Waals surface area contributed by atoms with Gasteiger partial charge in [0.1, 0.15) is 11.3 Å². The lowest BCUT2D eigenvalue weighted by molar-refractivity contribution is -0.142. The third-order valence-electron chi connectivity index (χ3n) is 5.12.